The Kier molecular flexibility index (Phi) is 5.76. The number of carbonyl (C=O) groups is 3. The van der Waals surface area contributed by atoms with Crippen molar-refractivity contribution < 1.29 is 14.4 Å². The standard InChI is InChI=1S/C22H28N2O3S/c1-28-13-19(24-21(26)16-10-4-5-11-17(16)22(24)27)20(25)23-18-12-6-8-14-7-2-3-9-15(14)18/h2-3,7,9,16-19H,4-6,8,10-13H2,1H3,(H,23,25). The van der Waals surface area contributed by atoms with Gasteiger partial charge in [0.25, 0.3) is 0 Å². The smallest absolute Gasteiger partial charge is 0.244 e. The number of amides is 3. The molecule has 6 heteroatoms. The van der Waals surface area contributed by atoms with Gasteiger partial charge >= 0.3 is 0 Å². The Bertz CT molecular complexity index is 757. The van der Waals surface area contributed by atoms with Crippen LogP contribution in [0.3, 0.4) is 0 Å². The largest absolute Gasteiger partial charge is 0.347 e. The van der Waals surface area contributed by atoms with Crippen molar-refractivity contribution in [2.24, 2.45) is 11.8 Å². The van der Waals surface area contributed by atoms with Crippen molar-refractivity contribution in [1.29, 1.82) is 0 Å². The number of rotatable bonds is 5. The van der Waals surface area contributed by atoms with Crippen molar-refractivity contribution in [2.45, 2.75) is 57.0 Å². The fourth-order valence-electron chi connectivity index (χ4n) is 5.09. The summed E-state index contributed by atoms with van der Waals surface area (Å²) in [5.41, 5.74) is 2.44. The first-order valence-electron chi connectivity index (χ1n) is 10.4. The maximum absolute atomic E-state index is 13.2. The zero-order valence-electron chi connectivity index (χ0n) is 16.4. The van der Waals surface area contributed by atoms with Crippen LogP contribution in [0.25, 0.3) is 0 Å². The van der Waals surface area contributed by atoms with Gasteiger partial charge in [0.05, 0.1) is 17.9 Å². The molecule has 0 spiro atoms. The molecule has 1 aliphatic heterocycles. The van der Waals surface area contributed by atoms with E-state index in [-0.39, 0.29) is 35.6 Å². The molecule has 1 heterocycles. The van der Waals surface area contributed by atoms with E-state index in [9.17, 15) is 14.4 Å². The zero-order chi connectivity index (χ0) is 19.7. The molecule has 4 unspecified atom stereocenters. The van der Waals surface area contributed by atoms with Crippen molar-refractivity contribution in [3.63, 3.8) is 0 Å². The van der Waals surface area contributed by atoms with E-state index in [0.29, 0.717) is 5.75 Å². The minimum atomic E-state index is -0.713. The van der Waals surface area contributed by atoms with Crippen LogP contribution in [0.4, 0.5) is 0 Å². The molecular weight excluding hydrogens is 372 g/mol. The maximum atomic E-state index is 13.2. The molecule has 150 valence electrons. The Hall–Kier alpha value is -1.82. The number of fused-ring (bicyclic) bond motifs is 2. The van der Waals surface area contributed by atoms with Crippen LogP contribution in [-0.4, -0.2) is 40.7 Å². The number of hydrogen-bond acceptors (Lipinski definition) is 4. The van der Waals surface area contributed by atoms with E-state index in [0.717, 1.165) is 50.5 Å². The Labute approximate surface area is 170 Å². The average molecular weight is 401 g/mol. The second-order valence-electron chi connectivity index (χ2n) is 8.17. The summed E-state index contributed by atoms with van der Waals surface area (Å²) in [5.74, 6) is -0.447. The number of carbonyl (C=O) groups excluding carboxylic acids is 3. The molecule has 3 aliphatic rings. The Morgan fingerprint density at radius 2 is 1.79 bits per heavy atom. The highest BCUT2D eigenvalue weighted by Crippen LogP contribution is 2.39. The van der Waals surface area contributed by atoms with Gasteiger partial charge in [-0.3, -0.25) is 19.3 Å². The van der Waals surface area contributed by atoms with Crippen LogP contribution in [-0.2, 0) is 20.8 Å². The molecule has 4 atom stereocenters. The third kappa shape index (κ3) is 3.47. The van der Waals surface area contributed by atoms with Crippen LogP contribution in [0.5, 0.6) is 0 Å². The fraction of sp³-hybridized carbons (Fsp3) is 0.591. The summed E-state index contributed by atoms with van der Waals surface area (Å²) in [4.78, 5) is 40.5. The number of likely N-dealkylation sites (tertiary alicyclic amines) is 1. The monoisotopic (exact) mass is 400 g/mol. The highest BCUT2D eigenvalue weighted by Gasteiger charge is 2.51. The van der Waals surface area contributed by atoms with Crippen LogP contribution in [0, 0.1) is 11.8 Å². The number of thioether (sulfide) groups is 1. The highest BCUT2D eigenvalue weighted by atomic mass is 32.2. The topological polar surface area (TPSA) is 66.5 Å². The Balaban J connectivity index is 1.54. The van der Waals surface area contributed by atoms with Crippen molar-refractivity contribution >= 4 is 29.5 Å². The fourth-order valence-corrected chi connectivity index (χ4v) is 5.71. The van der Waals surface area contributed by atoms with Crippen molar-refractivity contribution in [2.75, 3.05) is 12.0 Å². The van der Waals surface area contributed by atoms with E-state index in [4.69, 9.17) is 0 Å². The van der Waals surface area contributed by atoms with Gasteiger partial charge in [-0.15, -0.1) is 0 Å². The SMILES string of the molecule is CSCC(C(=O)NC1CCCc2ccccc21)N1C(=O)C2CCCCC2C1=O. The van der Waals surface area contributed by atoms with E-state index < -0.39 is 6.04 Å². The summed E-state index contributed by atoms with van der Waals surface area (Å²) in [7, 11) is 0. The molecule has 1 N–H and O–H groups in total. The third-order valence-corrected chi connectivity index (χ3v) is 7.15. The first-order chi connectivity index (χ1) is 13.6. The molecule has 1 aromatic rings. The predicted molar refractivity (Wildman–Crippen MR) is 110 cm³/mol. The first kappa shape index (κ1) is 19.5. The molecule has 2 fully saturated rings. The normalized spacial score (nSPS) is 27.9. The summed E-state index contributed by atoms with van der Waals surface area (Å²) < 4.78 is 0. The molecule has 0 radical (unpaired) electrons. The van der Waals surface area contributed by atoms with Gasteiger partial charge in [-0.25, -0.2) is 0 Å². The third-order valence-electron chi connectivity index (χ3n) is 6.50. The summed E-state index contributed by atoms with van der Waals surface area (Å²) in [6.45, 7) is 0. The van der Waals surface area contributed by atoms with Crippen LogP contribution < -0.4 is 5.32 Å². The van der Waals surface area contributed by atoms with E-state index in [2.05, 4.69) is 17.4 Å². The van der Waals surface area contributed by atoms with Gasteiger partial charge < -0.3 is 5.32 Å². The van der Waals surface area contributed by atoms with Crippen molar-refractivity contribution in [3.05, 3.63) is 35.4 Å². The number of aryl methyl sites for hydroxylation is 1. The van der Waals surface area contributed by atoms with Gasteiger partial charge in [-0.2, -0.15) is 11.8 Å². The molecule has 1 saturated heterocycles. The maximum Gasteiger partial charge on any atom is 0.244 e. The summed E-state index contributed by atoms with van der Waals surface area (Å²) in [6, 6.07) is 7.46. The quantitative estimate of drug-likeness (QED) is 0.772. The van der Waals surface area contributed by atoms with Crippen molar-refractivity contribution in [1.82, 2.24) is 10.2 Å². The average Bonchev–Trinajstić information content (AvgIpc) is 2.97. The molecule has 3 amide bonds. The molecule has 2 aliphatic carbocycles. The Morgan fingerprint density at radius 1 is 1.11 bits per heavy atom. The predicted octanol–water partition coefficient (Wildman–Crippen LogP) is 3.09. The molecule has 28 heavy (non-hydrogen) atoms. The minimum Gasteiger partial charge on any atom is -0.347 e. The molecular formula is C22H28N2O3S. The van der Waals surface area contributed by atoms with Crippen LogP contribution >= 0.6 is 11.8 Å². The van der Waals surface area contributed by atoms with Crippen molar-refractivity contribution in [3.8, 4) is 0 Å². The molecule has 1 aromatic carbocycles. The van der Waals surface area contributed by atoms with E-state index in [1.54, 1.807) is 0 Å². The first-order valence-corrected chi connectivity index (χ1v) is 11.7. The molecule has 1 saturated carbocycles. The van der Waals surface area contributed by atoms with Gasteiger partial charge in [-0.1, -0.05) is 37.1 Å². The lowest BCUT2D eigenvalue weighted by Gasteiger charge is -2.30. The Morgan fingerprint density at radius 3 is 2.46 bits per heavy atom. The second-order valence-corrected chi connectivity index (χ2v) is 9.08. The van der Waals surface area contributed by atoms with Crippen LogP contribution in [0.15, 0.2) is 24.3 Å². The lowest BCUT2D eigenvalue weighted by atomic mass is 9.81. The lowest BCUT2D eigenvalue weighted by molar-refractivity contribution is -0.147. The number of benzene rings is 1. The van der Waals surface area contributed by atoms with E-state index in [1.165, 1.54) is 22.2 Å². The van der Waals surface area contributed by atoms with Gasteiger partial charge in [0, 0.05) is 5.75 Å². The summed E-state index contributed by atoms with van der Waals surface area (Å²) >= 11 is 1.50. The summed E-state index contributed by atoms with van der Waals surface area (Å²) in [5, 5.41) is 3.16. The number of nitrogens with one attached hydrogen (secondary N) is 1. The van der Waals surface area contributed by atoms with Crippen LogP contribution in [0.1, 0.15) is 55.7 Å². The lowest BCUT2D eigenvalue weighted by Crippen LogP contribution is -2.52. The van der Waals surface area contributed by atoms with Crippen LogP contribution in [0.2, 0.25) is 0 Å². The van der Waals surface area contributed by atoms with Gasteiger partial charge in [0.15, 0.2) is 0 Å². The van der Waals surface area contributed by atoms with Gasteiger partial charge in [0.2, 0.25) is 17.7 Å². The second kappa shape index (κ2) is 8.27. The van der Waals surface area contributed by atoms with E-state index in [1.807, 2.05) is 18.4 Å². The summed E-state index contributed by atoms with van der Waals surface area (Å²) in [6.07, 6.45) is 8.39. The minimum absolute atomic E-state index is 0.0445. The molecule has 4 rings (SSSR count). The van der Waals surface area contributed by atoms with Gasteiger partial charge in [0.1, 0.15) is 6.04 Å². The number of nitrogens with zero attached hydrogens (tertiary/aromatic N) is 1. The zero-order valence-corrected chi connectivity index (χ0v) is 17.2. The number of hydrogen-bond donors (Lipinski definition) is 1. The van der Waals surface area contributed by atoms with Gasteiger partial charge in [-0.05, 0) is 49.5 Å². The highest BCUT2D eigenvalue weighted by molar-refractivity contribution is 7.98. The van der Waals surface area contributed by atoms with E-state index >= 15 is 0 Å². The molecule has 0 bridgehead atoms. The number of imide groups is 1. The molecule has 0 aromatic heterocycles. The molecule has 5 nitrogen and oxygen atoms in total.